The number of aromatic nitrogens is 2. The summed E-state index contributed by atoms with van der Waals surface area (Å²) in [6.07, 6.45) is -0.101. The lowest BCUT2D eigenvalue weighted by molar-refractivity contribution is -0.124. The topological polar surface area (TPSA) is 136 Å². The summed E-state index contributed by atoms with van der Waals surface area (Å²) in [4.78, 5) is 52.9. The van der Waals surface area contributed by atoms with E-state index in [1.165, 1.54) is 0 Å². The predicted molar refractivity (Wildman–Crippen MR) is 138 cm³/mol. The zero-order chi connectivity index (χ0) is 27.5. The molecule has 0 spiro atoms. The van der Waals surface area contributed by atoms with E-state index in [0.29, 0.717) is 19.4 Å². The summed E-state index contributed by atoms with van der Waals surface area (Å²) < 4.78 is 11.5. The Hall–Kier alpha value is -3.47. The van der Waals surface area contributed by atoms with Crippen LogP contribution in [0.25, 0.3) is 0 Å². The first-order valence-corrected chi connectivity index (χ1v) is 12.5. The second kappa shape index (κ2) is 14.3. The molecule has 11 nitrogen and oxygen atoms in total. The van der Waals surface area contributed by atoms with Crippen LogP contribution < -0.4 is 16.4 Å². The van der Waals surface area contributed by atoms with E-state index in [0.717, 1.165) is 10.2 Å². The first-order valence-electron chi connectivity index (χ1n) is 12.5. The van der Waals surface area contributed by atoms with Gasteiger partial charge in [-0.05, 0) is 44.3 Å². The van der Waals surface area contributed by atoms with Gasteiger partial charge in [0.2, 0.25) is 11.7 Å². The highest BCUT2D eigenvalue weighted by atomic mass is 16.5. The van der Waals surface area contributed by atoms with Crippen LogP contribution >= 0.6 is 0 Å². The summed E-state index contributed by atoms with van der Waals surface area (Å²) in [5.74, 6) is -2.10. The average molecular weight is 518 g/mol. The number of benzene rings is 1. The van der Waals surface area contributed by atoms with Crippen molar-refractivity contribution >= 4 is 17.8 Å². The molecule has 2 unspecified atom stereocenters. The molecule has 37 heavy (non-hydrogen) atoms. The van der Waals surface area contributed by atoms with E-state index in [1.54, 1.807) is 0 Å². The molecule has 0 fully saturated rings. The second-order valence-electron chi connectivity index (χ2n) is 10.1. The lowest BCUT2D eigenvalue weighted by Crippen LogP contribution is -2.52. The zero-order valence-corrected chi connectivity index (χ0v) is 22.5. The largest absolute Gasteiger partial charge is 0.445 e. The highest BCUT2D eigenvalue weighted by molar-refractivity contribution is 5.99. The molecular formula is C26H39N5O6. The number of amides is 2. The molecule has 2 rings (SSSR count). The maximum Gasteiger partial charge on any atom is 0.437 e. The molecule has 0 saturated heterocycles. The van der Waals surface area contributed by atoms with Gasteiger partial charge in [0.1, 0.15) is 12.6 Å². The Bertz CT molecular complexity index is 1080. The normalized spacial score (nSPS) is 13.0. The van der Waals surface area contributed by atoms with Crippen LogP contribution in [0.15, 0.2) is 39.5 Å². The molecule has 11 heteroatoms. The number of nitrogens with zero attached hydrogens (tertiary/aromatic N) is 3. The van der Waals surface area contributed by atoms with Crippen molar-refractivity contribution in [2.75, 3.05) is 20.6 Å². The van der Waals surface area contributed by atoms with Crippen molar-refractivity contribution < 1.29 is 23.5 Å². The van der Waals surface area contributed by atoms with Gasteiger partial charge >= 0.3 is 11.8 Å². The molecule has 0 radical (unpaired) electrons. The molecule has 0 aliphatic heterocycles. The van der Waals surface area contributed by atoms with Crippen LogP contribution in [0.5, 0.6) is 0 Å². The summed E-state index contributed by atoms with van der Waals surface area (Å²) >= 11 is 0. The quantitative estimate of drug-likeness (QED) is 0.365. The third-order valence-corrected chi connectivity index (χ3v) is 5.44. The van der Waals surface area contributed by atoms with Crippen molar-refractivity contribution in [2.24, 2.45) is 11.8 Å². The molecule has 0 aliphatic rings. The smallest absolute Gasteiger partial charge is 0.437 e. The van der Waals surface area contributed by atoms with E-state index in [9.17, 15) is 19.2 Å². The van der Waals surface area contributed by atoms with E-state index in [2.05, 4.69) is 15.7 Å². The van der Waals surface area contributed by atoms with Gasteiger partial charge < -0.3 is 24.7 Å². The maximum atomic E-state index is 13.2. The Morgan fingerprint density at radius 2 is 1.62 bits per heavy atom. The monoisotopic (exact) mass is 517 g/mol. The minimum absolute atomic E-state index is 0.0455. The minimum atomic E-state index is -0.982. The Labute approximate surface area is 217 Å². The third kappa shape index (κ3) is 10.2. The molecule has 1 heterocycles. The van der Waals surface area contributed by atoms with E-state index in [-0.39, 0.29) is 30.9 Å². The van der Waals surface area contributed by atoms with E-state index in [4.69, 9.17) is 9.15 Å². The van der Waals surface area contributed by atoms with E-state index in [1.807, 2.05) is 77.0 Å². The number of rotatable bonds is 14. The Balaban J connectivity index is 2.12. The highest BCUT2D eigenvalue weighted by Gasteiger charge is 2.31. The van der Waals surface area contributed by atoms with Gasteiger partial charge in [0.15, 0.2) is 0 Å². The number of hydrogen-bond donors (Lipinski definition) is 2. The van der Waals surface area contributed by atoms with E-state index < -0.39 is 35.6 Å². The predicted octanol–water partition coefficient (Wildman–Crippen LogP) is 2.45. The number of carbonyl (C=O) groups excluding carboxylic acids is 3. The van der Waals surface area contributed by atoms with Crippen LogP contribution in [-0.4, -0.2) is 65.2 Å². The Morgan fingerprint density at radius 3 is 2.22 bits per heavy atom. The minimum Gasteiger partial charge on any atom is -0.445 e. The number of nitrogens with one attached hydrogen (secondary N) is 2. The van der Waals surface area contributed by atoms with Gasteiger partial charge in [-0.1, -0.05) is 58.0 Å². The van der Waals surface area contributed by atoms with Crippen molar-refractivity contribution in [2.45, 2.75) is 65.8 Å². The lowest BCUT2D eigenvalue weighted by Gasteiger charge is -2.24. The van der Waals surface area contributed by atoms with Gasteiger partial charge in [-0.3, -0.25) is 9.59 Å². The number of carbonyl (C=O) groups is 3. The number of likely N-dealkylation sites (N-methyl/N-ethyl adjacent to an activating group) is 1. The third-order valence-electron chi connectivity index (χ3n) is 5.44. The molecule has 2 atom stereocenters. The van der Waals surface area contributed by atoms with Gasteiger partial charge in [0, 0.05) is 6.54 Å². The summed E-state index contributed by atoms with van der Waals surface area (Å²) in [5, 5.41) is 9.38. The number of ketones is 1. The van der Waals surface area contributed by atoms with Crippen molar-refractivity contribution in [3.63, 3.8) is 0 Å². The second-order valence-corrected chi connectivity index (χ2v) is 10.1. The summed E-state index contributed by atoms with van der Waals surface area (Å²) in [6.45, 7) is 8.51. The molecular weight excluding hydrogens is 478 g/mol. The highest BCUT2D eigenvalue weighted by Crippen LogP contribution is 2.12. The van der Waals surface area contributed by atoms with Crippen LogP contribution in [0.3, 0.4) is 0 Å². The van der Waals surface area contributed by atoms with Crippen molar-refractivity contribution in [1.82, 2.24) is 25.3 Å². The molecule has 2 N–H and O–H groups in total. The van der Waals surface area contributed by atoms with Crippen molar-refractivity contribution in [1.29, 1.82) is 0 Å². The summed E-state index contributed by atoms with van der Waals surface area (Å²) in [5.41, 5.74) is 0.816. The van der Waals surface area contributed by atoms with Crippen LogP contribution in [-0.2, 0) is 22.7 Å². The van der Waals surface area contributed by atoms with Crippen LogP contribution in [0.2, 0.25) is 0 Å². The molecule has 1 aromatic heterocycles. The molecule has 2 amide bonds. The van der Waals surface area contributed by atoms with Gasteiger partial charge in [-0.15, -0.1) is 5.10 Å². The number of Topliss-reactive ketones (excluding diaryl/α,β-unsaturated/α-hetero) is 1. The Kier molecular flexibility index (Phi) is 11.5. The molecule has 0 bridgehead atoms. The van der Waals surface area contributed by atoms with Crippen LogP contribution in [0, 0.1) is 11.8 Å². The first kappa shape index (κ1) is 29.8. The zero-order valence-electron chi connectivity index (χ0n) is 22.5. The summed E-state index contributed by atoms with van der Waals surface area (Å²) in [7, 11) is 3.70. The van der Waals surface area contributed by atoms with Crippen LogP contribution in [0.1, 0.15) is 56.8 Å². The van der Waals surface area contributed by atoms with Gasteiger partial charge in [0.05, 0.1) is 12.6 Å². The summed E-state index contributed by atoms with van der Waals surface area (Å²) in [6, 6.07) is 7.29. The number of alkyl carbamates (subject to hydrolysis) is 1. The number of ether oxygens (including phenoxy) is 1. The van der Waals surface area contributed by atoms with Gasteiger partial charge in [-0.2, -0.15) is 4.68 Å². The van der Waals surface area contributed by atoms with Gasteiger partial charge in [0.25, 0.3) is 5.89 Å². The SMILES string of the molecule is CC(C)CC(NC(=O)OCc1ccccc1)C(=O)NC(CC(C)C)C(=O)c1nn(CCN(C)C)c(=O)o1. The van der Waals surface area contributed by atoms with Crippen molar-refractivity contribution in [3.05, 3.63) is 52.3 Å². The fourth-order valence-corrected chi connectivity index (χ4v) is 3.58. The van der Waals surface area contributed by atoms with Gasteiger partial charge in [-0.25, -0.2) is 9.59 Å². The average Bonchev–Trinajstić information content (AvgIpc) is 3.20. The molecule has 0 saturated carbocycles. The fraction of sp³-hybridized carbons (Fsp3) is 0.577. The maximum absolute atomic E-state index is 13.2. The molecule has 204 valence electrons. The first-order chi connectivity index (χ1) is 17.5. The molecule has 2 aromatic rings. The fourth-order valence-electron chi connectivity index (χ4n) is 3.58. The standard InChI is InChI=1S/C26H39N5O6/c1-17(2)14-20(22(32)24-29-31(26(35)37-24)13-12-30(5)6)27-23(33)21(15-18(3)4)28-25(34)36-16-19-10-8-7-9-11-19/h7-11,17-18,20-21H,12-16H2,1-6H3,(H,27,33)(H,28,34). The number of hydrogen-bond acceptors (Lipinski definition) is 8. The van der Waals surface area contributed by atoms with E-state index >= 15 is 0 Å². The molecule has 1 aromatic carbocycles. The van der Waals surface area contributed by atoms with Crippen LogP contribution in [0.4, 0.5) is 4.79 Å². The van der Waals surface area contributed by atoms with Crippen molar-refractivity contribution in [3.8, 4) is 0 Å². The Morgan fingerprint density at radius 1 is 1.00 bits per heavy atom. The lowest BCUT2D eigenvalue weighted by atomic mass is 9.98. The molecule has 0 aliphatic carbocycles.